The number of nitrogens with one attached hydrogen (secondary N) is 1. The van der Waals surface area contributed by atoms with Gasteiger partial charge in [0, 0.05) is 12.2 Å². The predicted octanol–water partition coefficient (Wildman–Crippen LogP) is 2.56. The van der Waals surface area contributed by atoms with Crippen LogP contribution in [0.4, 0.5) is 0 Å². The van der Waals surface area contributed by atoms with Crippen molar-refractivity contribution in [2.45, 2.75) is 11.7 Å². The van der Waals surface area contributed by atoms with Gasteiger partial charge in [-0.2, -0.15) is 5.26 Å². The molecule has 3 aromatic rings. The monoisotopic (exact) mass is 379 g/mol. The maximum atomic E-state index is 12.1. The first-order chi connectivity index (χ1) is 13.2. The third kappa shape index (κ3) is 4.86. The van der Waals surface area contributed by atoms with Gasteiger partial charge in [0.05, 0.1) is 24.5 Å². The van der Waals surface area contributed by atoms with Gasteiger partial charge in [0.15, 0.2) is 5.16 Å². The molecule has 0 radical (unpaired) electrons. The van der Waals surface area contributed by atoms with Gasteiger partial charge in [-0.05, 0) is 42.0 Å². The summed E-state index contributed by atoms with van der Waals surface area (Å²) in [5, 5.41) is 20.4. The molecule has 0 aliphatic carbocycles. The maximum Gasteiger partial charge on any atom is 0.230 e. The molecule has 136 valence electrons. The number of hydrogen-bond donors (Lipinski definition) is 1. The largest absolute Gasteiger partial charge is 0.497 e. The predicted molar refractivity (Wildman–Crippen MR) is 102 cm³/mol. The summed E-state index contributed by atoms with van der Waals surface area (Å²) in [6.45, 7) is 0.375. The number of nitrogens with zero attached hydrogens (tertiary/aromatic N) is 4. The fourth-order valence-electron chi connectivity index (χ4n) is 2.38. The highest BCUT2D eigenvalue weighted by Crippen LogP contribution is 2.21. The van der Waals surface area contributed by atoms with Gasteiger partial charge in [0.25, 0.3) is 0 Å². The van der Waals surface area contributed by atoms with Gasteiger partial charge in [-0.15, -0.1) is 10.2 Å². The number of carbonyl (C=O) groups is 1. The van der Waals surface area contributed by atoms with Crippen LogP contribution in [-0.2, 0) is 11.3 Å². The van der Waals surface area contributed by atoms with E-state index in [0.717, 1.165) is 17.0 Å². The van der Waals surface area contributed by atoms with Crippen LogP contribution < -0.4 is 10.1 Å². The molecule has 2 aromatic carbocycles. The maximum absolute atomic E-state index is 12.1. The summed E-state index contributed by atoms with van der Waals surface area (Å²) in [5.74, 6) is 0.861. The smallest absolute Gasteiger partial charge is 0.230 e. The Hall–Kier alpha value is -3.31. The Kier molecular flexibility index (Phi) is 6.07. The highest BCUT2D eigenvalue weighted by atomic mass is 32.2. The molecule has 0 aliphatic heterocycles. The number of hydrogen-bond acceptors (Lipinski definition) is 6. The number of benzene rings is 2. The van der Waals surface area contributed by atoms with Crippen LogP contribution in [0.15, 0.2) is 60.0 Å². The minimum Gasteiger partial charge on any atom is -0.497 e. The molecule has 1 heterocycles. The minimum absolute atomic E-state index is 0.119. The Morgan fingerprint density at radius 1 is 1.30 bits per heavy atom. The van der Waals surface area contributed by atoms with Crippen LogP contribution in [0.5, 0.6) is 5.75 Å². The third-order valence-electron chi connectivity index (χ3n) is 3.75. The van der Waals surface area contributed by atoms with Gasteiger partial charge in [-0.1, -0.05) is 23.9 Å². The molecule has 1 N–H and O–H groups in total. The summed E-state index contributed by atoms with van der Waals surface area (Å²) in [7, 11) is 1.62. The summed E-state index contributed by atoms with van der Waals surface area (Å²) in [6, 6.07) is 16.7. The number of rotatable bonds is 7. The van der Waals surface area contributed by atoms with E-state index in [1.807, 2.05) is 34.9 Å². The standard InChI is InChI=1S/C19H17N5O2S/c1-26-17-7-5-16(6-8-17)24-13-22-23-19(24)27-12-18(25)21-11-15-4-2-3-14(9-15)10-20/h2-9,13H,11-12H2,1H3,(H,21,25). The zero-order valence-corrected chi connectivity index (χ0v) is 15.4. The second kappa shape index (κ2) is 8.87. The molecule has 0 aliphatic rings. The van der Waals surface area contributed by atoms with Gasteiger partial charge in [0.2, 0.25) is 5.91 Å². The van der Waals surface area contributed by atoms with Gasteiger partial charge in [-0.3, -0.25) is 9.36 Å². The average Bonchev–Trinajstić information content (AvgIpc) is 3.19. The summed E-state index contributed by atoms with van der Waals surface area (Å²) >= 11 is 1.30. The topological polar surface area (TPSA) is 92.8 Å². The molecular formula is C19H17N5O2S. The van der Waals surface area contributed by atoms with Crippen molar-refractivity contribution in [1.82, 2.24) is 20.1 Å². The van der Waals surface area contributed by atoms with Gasteiger partial charge in [-0.25, -0.2) is 0 Å². The summed E-state index contributed by atoms with van der Waals surface area (Å²) in [6.07, 6.45) is 1.61. The minimum atomic E-state index is -0.119. The molecular weight excluding hydrogens is 362 g/mol. The lowest BCUT2D eigenvalue weighted by molar-refractivity contribution is -0.118. The van der Waals surface area contributed by atoms with Crippen LogP contribution in [0.2, 0.25) is 0 Å². The van der Waals surface area contributed by atoms with E-state index in [2.05, 4.69) is 21.6 Å². The first-order valence-electron chi connectivity index (χ1n) is 8.12. The Morgan fingerprint density at radius 3 is 2.85 bits per heavy atom. The Morgan fingerprint density at radius 2 is 2.11 bits per heavy atom. The molecule has 8 heteroatoms. The van der Waals surface area contributed by atoms with Crippen LogP contribution >= 0.6 is 11.8 Å². The fraction of sp³-hybridized carbons (Fsp3) is 0.158. The number of ether oxygens (including phenoxy) is 1. The van der Waals surface area contributed by atoms with Crippen LogP contribution in [0, 0.1) is 11.3 Å². The van der Waals surface area contributed by atoms with E-state index in [1.165, 1.54) is 11.8 Å². The second-order valence-electron chi connectivity index (χ2n) is 5.56. The zero-order chi connectivity index (χ0) is 19.1. The van der Waals surface area contributed by atoms with Crippen molar-refractivity contribution in [3.05, 3.63) is 66.0 Å². The highest BCUT2D eigenvalue weighted by molar-refractivity contribution is 7.99. The van der Waals surface area contributed by atoms with Crippen molar-refractivity contribution in [1.29, 1.82) is 5.26 Å². The normalized spacial score (nSPS) is 10.2. The van der Waals surface area contributed by atoms with Crippen molar-refractivity contribution in [2.75, 3.05) is 12.9 Å². The molecule has 27 heavy (non-hydrogen) atoms. The van der Waals surface area contributed by atoms with Gasteiger partial charge in [0.1, 0.15) is 12.1 Å². The lowest BCUT2D eigenvalue weighted by atomic mass is 10.1. The fourth-order valence-corrected chi connectivity index (χ4v) is 3.13. The van der Waals surface area contributed by atoms with Crippen molar-refractivity contribution < 1.29 is 9.53 Å². The van der Waals surface area contributed by atoms with Gasteiger partial charge < -0.3 is 10.1 Å². The van der Waals surface area contributed by atoms with Crippen LogP contribution in [0.25, 0.3) is 5.69 Å². The van der Waals surface area contributed by atoms with E-state index >= 15 is 0 Å². The van der Waals surface area contributed by atoms with E-state index in [9.17, 15) is 4.79 Å². The molecule has 1 amide bonds. The van der Waals surface area contributed by atoms with Crippen LogP contribution in [0.3, 0.4) is 0 Å². The Balaban J connectivity index is 1.56. The van der Waals surface area contributed by atoms with E-state index in [4.69, 9.17) is 10.00 Å². The van der Waals surface area contributed by atoms with Crippen molar-refractivity contribution in [3.63, 3.8) is 0 Å². The van der Waals surface area contributed by atoms with Gasteiger partial charge >= 0.3 is 0 Å². The van der Waals surface area contributed by atoms with E-state index in [-0.39, 0.29) is 11.7 Å². The molecule has 3 rings (SSSR count). The van der Waals surface area contributed by atoms with Crippen LogP contribution in [0.1, 0.15) is 11.1 Å². The summed E-state index contributed by atoms with van der Waals surface area (Å²) in [5.41, 5.74) is 2.34. The van der Waals surface area contributed by atoms with Crippen molar-refractivity contribution in [2.24, 2.45) is 0 Å². The number of thioether (sulfide) groups is 1. The lowest BCUT2D eigenvalue weighted by Crippen LogP contribution is -2.24. The molecule has 7 nitrogen and oxygen atoms in total. The Labute approximate surface area is 161 Å². The summed E-state index contributed by atoms with van der Waals surface area (Å²) in [4.78, 5) is 12.1. The zero-order valence-electron chi connectivity index (χ0n) is 14.6. The van der Waals surface area contributed by atoms with E-state index < -0.39 is 0 Å². The number of nitriles is 1. The molecule has 0 bridgehead atoms. The number of aromatic nitrogens is 3. The highest BCUT2D eigenvalue weighted by Gasteiger charge is 2.10. The third-order valence-corrected chi connectivity index (χ3v) is 4.69. The first-order valence-corrected chi connectivity index (χ1v) is 9.11. The second-order valence-corrected chi connectivity index (χ2v) is 6.50. The van der Waals surface area contributed by atoms with E-state index in [1.54, 1.807) is 31.6 Å². The van der Waals surface area contributed by atoms with Crippen molar-refractivity contribution >= 4 is 17.7 Å². The number of carbonyl (C=O) groups excluding carboxylic acids is 1. The SMILES string of the molecule is COc1ccc(-n2cnnc2SCC(=O)NCc2cccc(C#N)c2)cc1. The van der Waals surface area contributed by atoms with E-state index in [0.29, 0.717) is 17.3 Å². The average molecular weight is 379 g/mol. The van der Waals surface area contributed by atoms with Crippen molar-refractivity contribution in [3.8, 4) is 17.5 Å². The summed E-state index contributed by atoms with van der Waals surface area (Å²) < 4.78 is 6.97. The molecule has 0 saturated heterocycles. The molecule has 0 unspecified atom stereocenters. The first kappa shape index (κ1) is 18.5. The molecule has 0 spiro atoms. The molecule has 0 atom stereocenters. The molecule has 1 aromatic heterocycles. The molecule has 0 fully saturated rings. The Bertz CT molecular complexity index is 963. The quantitative estimate of drug-likeness (QED) is 0.634. The number of methoxy groups -OCH3 is 1. The lowest BCUT2D eigenvalue weighted by Gasteiger charge is -2.08. The van der Waals surface area contributed by atoms with Crippen LogP contribution in [-0.4, -0.2) is 33.5 Å². The molecule has 0 saturated carbocycles. The number of amides is 1.